The van der Waals surface area contributed by atoms with Crippen LogP contribution in [0.15, 0.2) is 54.7 Å². The lowest BCUT2D eigenvalue weighted by molar-refractivity contribution is -0.132. The molecule has 1 saturated heterocycles. The lowest BCUT2D eigenvalue weighted by Gasteiger charge is -2.39. The van der Waals surface area contributed by atoms with E-state index < -0.39 is 35.4 Å². The molecule has 0 radical (unpaired) electrons. The second-order valence-corrected chi connectivity index (χ2v) is 9.60. The third-order valence-electron chi connectivity index (χ3n) is 6.55. The van der Waals surface area contributed by atoms with Crippen LogP contribution in [0.1, 0.15) is 20.8 Å². The molecule has 0 spiro atoms. The minimum atomic E-state index is -1.28. The van der Waals surface area contributed by atoms with Crippen LogP contribution in [-0.4, -0.2) is 57.1 Å². The smallest absolute Gasteiger partial charge is 0.331 e. The predicted octanol–water partition coefficient (Wildman–Crippen LogP) is 4.89. The Morgan fingerprint density at radius 3 is 2.56 bits per heavy atom. The van der Waals surface area contributed by atoms with Gasteiger partial charge in [-0.1, -0.05) is 0 Å². The number of hydrogen-bond acceptors (Lipinski definition) is 7. The molecule has 1 fully saturated rings. The van der Waals surface area contributed by atoms with E-state index in [1.54, 1.807) is 19.9 Å². The molecule has 5 rings (SSSR count). The van der Waals surface area contributed by atoms with Gasteiger partial charge in [0, 0.05) is 43.1 Å². The number of nitrogens with zero attached hydrogens (tertiary/aromatic N) is 4. The predicted molar refractivity (Wildman–Crippen MR) is 148 cm³/mol. The molecule has 3 N–H and O–H groups in total. The molecule has 2 aromatic carbocycles. The minimum absolute atomic E-state index is 0.0884. The Labute approximate surface area is 233 Å². The van der Waals surface area contributed by atoms with Gasteiger partial charge in [0.15, 0.2) is 23.0 Å². The SMILES string of the molecule is CCNc1n[nH]c2nccc(Oc3ccc(NC(=O)C4CN(C(C)C)C(=O)N(c5ccc(F)cc5)C4=O)cc3F)c12. The van der Waals surface area contributed by atoms with Gasteiger partial charge in [-0.2, -0.15) is 5.10 Å². The summed E-state index contributed by atoms with van der Waals surface area (Å²) < 4.78 is 34.4. The highest BCUT2D eigenvalue weighted by Gasteiger charge is 2.44. The molecule has 1 aliphatic heterocycles. The Kier molecular flexibility index (Phi) is 7.51. The summed E-state index contributed by atoms with van der Waals surface area (Å²) in [4.78, 5) is 46.1. The Morgan fingerprint density at radius 1 is 1.12 bits per heavy atom. The molecule has 1 unspecified atom stereocenters. The summed E-state index contributed by atoms with van der Waals surface area (Å²) in [5, 5.41) is 13.2. The number of H-pyrrole nitrogens is 1. The fourth-order valence-corrected chi connectivity index (χ4v) is 4.50. The summed E-state index contributed by atoms with van der Waals surface area (Å²) in [6.45, 7) is 5.84. The Balaban J connectivity index is 1.36. The molecule has 41 heavy (non-hydrogen) atoms. The van der Waals surface area contributed by atoms with Crippen molar-refractivity contribution in [3.8, 4) is 11.5 Å². The van der Waals surface area contributed by atoms with Crippen LogP contribution in [0.3, 0.4) is 0 Å². The van der Waals surface area contributed by atoms with Gasteiger partial charge in [0.1, 0.15) is 22.9 Å². The zero-order valence-electron chi connectivity index (χ0n) is 22.4. The van der Waals surface area contributed by atoms with E-state index in [2.05, 4.69) is 25.8 Å². The number of aromatic amines is 1. The first-order chi connectivity index (χ1) is 19.7. The zero-order valence-corrected chi connectivity index (χ0v) is 22.4. The number of amides is 4. The van der Waals surface area contributed by atoms with Gasteiger partial charge in [0.2, 0.25) is 11.8 Å². The van der Waals surface area contributed by atoms with E-state index in [4.69, 9.17) is 4.74 Å². The molecule has 2 aromatic heterocycles. The van der Waals surface area contributed by atoms with Crippen molar-refractivity contribution in [2.45, 2.75) is 26.8 Å². The number of fused-ring (bicyclic) bond motifs is 1. The number of imide groups is 1. The van der Waals surface area contributed by atoms with Crippen LogP contribution in [0.25, 0.3) is 11.0 Å². The van der Waals surface area contributed by atoms with Gasteiger partial charge in [-0.05, 0) is 57.2 Å². The van der Waals surface area contributed by atoms with Crippen molar-refractivity contribution >= 4 is 46.1 Å². The van der Waals surface area contributed by atoms with Gasteiger partial charge in [-0.3, -0.25) is 14.7 Å². The largest absolute Gasteiger partial charge is 0.453 e. The molecule has 3 heterocycles. The molecule has 11 nitrogen and oxygen atoms in total. The van der Waals surface area contributed by atoms with E-state index in [0.29, 0.717) is 29.1 Å². The van der Waals surface area contributed by atoms with Crippen LogP contribution in [0.2, 0.25) is 0 Å². The average Bonchev–Trinajstić information content (AvgIpc) is 3.35. The lowest BCUT2D eigenvalue weighted by atomic mass is 10.0. The number of carbonyl (C=O) groups is 3. The van der Waals surface area contributed by atoms with Crippen LogP contribution < -0.4 is 20.3 Å². The number of anilines is 3. The number of hydrogen-bond donors (Lipinski definition) is 3. The molecular formula is C28H27F2N7O4. The number of urea groups is 1. The van der Waals surface area contributed by atoms with Crippen molar-refractivity contribution < 1.29 is 27.9 Å². The van der Waals surface area contributed by atoms with Crippen molar-refractivity contribution in [2.24, 2.45) is 5.92 Å². The van der Waals surface area contributed by atoms with Gasteiger partial charge >= 0.3 is 6.03 Å². The Morgan fingerprint density at radius 2 is 1.88 bits per heavy atom. The van der Waals surface area contributed by atoms with Gasteiger partial charge in [-0.15, -0.1) is 0 Å². The first-order valence-corrected chi connectivity index (χ1v) is 12.9. The van der Waals surface area contributed by atoms with Crippen LogP contribution in [0, 0.1) is 17.6 Å². The maximum absolute atomic E-state index is 15.1. The van der Waals surface area contributed by atoms with Crippen molar-refractivity contribution in [3.05, 3.63) is 66.4 Å². The van der Waals surface area contributed by atoms with Crippen LogP contribution in [0.5, 0.6) is 11.5 Å². The molecule has 0 bridgehead atoms. The normalized spacial score (nSPS) is 15.5. The van der Waals surface area contributed by atoms with Crippen molar-refractivity contribution in [3.63, 3.8) is 0 Å². The molecule has 13 heteroatoms. The fraction of sp³-hybridized carbons (Fsp3) is 0.250. The number of ether oxygens (including phenoxy) is 1. The van der Waals surface area contributed by atoms with E-state index in [9.17, 15) is 18.8 Å². The third kappa shape index (κ3) is 5.38. The third-order valence-corrected chi connectivity index (χ3v) is 6.55. The van der Waals surface area contributed by atoms with Crippen molar-refractivity contribution in [1.82, 2.24) is 20.1 Å². The monoisotopic (exact) mass is 563 g/mol. The number of benzene rings is 2. The number of aromatic nitrogens is 3. The maximum atomic E-state index is 15.1. The van der Waals surface area contributed by atoms with Gasteiger partial charge < -0.3 is 20.3 Å². The molecule has 4 amide bonds. The highest BCUT2D eigenvalue weighted by Crippen LogP contribution is 2.34. The zero-order chi connectivity index (χ0) is 29.3. The number of halogens is 2. The van der Waals surface area contributed by atoms with Crippen molar-refractivity contribution in [1.29, 1.82) is 0 Å². The van der Waals surface area contributed by atoms with Crippen LogP contribution >= 0.6 is 0 Å². The Bertz CT molecular complexity index is 1620. The Hall–Kier alpha value is -5.07. The maximum Gasteiger partial charge on any atom is 0.331 e. The second kappa shape index (κ2) is 11.2. The molecule has 0 saturated carbocycles. The summed E-state index contributed by atoms with van der Waals surface area (Å²) >= 11 is 0. The molecule has 1 aliphatic rings. The summed E-state index contributed by atoms with van der Waals surface area (Å²) in [7, 11) is 0. The standard InChI is InChI=1S/C28H27F2N7O4/c1-4-31-24-23-22(11-12-32-25(23)35-34-24)41-21-10-7-17(13-20(21)30)33-26(38)19-14-36(15(2)3)28(40)37(27(19)39)18-8-5-16(29)6-9-18/h5-13,15,19H,4,14H2,1-3H3,(H,33,38)(H2,31,32,34,35). The molecule has 212 valence electrons. The van der Waals surface area contributed by atoms with Gasteiger partial charge in [0.25, 0.3) is 0 Å². The van der Waals surface area contributed by atoms with E-state index in [0.717, 1.165) is 23.1 Å². The first kappa shape index (κ1) is 27.5. The summed E-state index contributed by atoms with van der Waals surface area (Å²) in [5.41, 5.74) is 0.686. The van der Waals surface area contributed by atoms with E-state index in [-0.39, 0.29) is 29.7 Å². The molecule has 0 aliphatic carbocycles. The fourth-order valence-electron chi connectivity index (χ4n) is 4.50. The minimum Gasteiger partial charge on any atom is -0.453 e. The van der Waals surface area contributed by atoms with E-state index >= 15 is 4.39 Å². The number of rotatable bonds is 8. The molecule has 1 atom stereocenters. The summed E-state index contributed by atoms with van der Waals surface area (Å²) in [6, 6.07) is 9.32. The number of carbonyl (C=O) groups excluding carboxylic acids is 3. The summed E-state index contributed by atoms with van der Waals surface area (Å²) in [6.07, 6.45) is 1.50. The van der Waals surface area contributed by atoms with Gasteiger partial charge in [-0.25, -0.2) is 23.5 Å². The number of pyridine rings is 1. The topological polar surface area (TPSA) is 133 Å². The second-order valence-electron chi connectivity index (χ2n) is 9.60. The molecule has 4 aromatic rings. The van der Waals surface area contributed by atoms with Crippen LogP contribution in [-0.2, 0) is 9.59 Å². The quantitative estimate of drug-likeness (QED) is 0.260. The highest BCUT2D eigenvalue weighted by atomic mass is 19.1. The lowest BCUT2D eigenvalue weighted by Crippen LogP contribution is -2.61. The summed E-state index contributed by atoms with van der Waals surface area (Å²) in [5.74, 6) is -3.35. The number of nitrogens with one attached hydrogen (secondary N) is 3. The highest BCUT2D eigenvalue weighted by molar-refractivity contribution is 6.23. The van der Waals surface area contributed by atoms with Gasteiger partial charge in [0.05, 0.1) is 5.69 Å². The molecular weight excluding hydrogens is 536 g/mol. The van der Waals surface area contributed by atoms with E-state index in [1.807, 2.05) is 6.92 Å². The van der Waals surface area contributed by atoms with E-state index in [1.165, 1.54) is 35.4 Å². The average molecular weight is 564 g/mol. The van der Waals surface area contributed by atoms with Crippen LogP contribution in [0.4, 0.5) is 30.8 Å². The van der Waals surface area contributed by atoms with Crippen molar-refractivity contribution in [2.75, 3.05) is 28.6 Å². The first-order valence-electron chi connectivity index (χ1n) is 12.9.